The molecule has 1 aromatic carbocycles. The van der Waals surface area contributed by atoms with Crippen LogP contribution in [0.2, 0.25) is 6.04 Å². The number of benzene rings is 1. The minimum absolute atomic E-state index is 0.672. The van der Waals surface area contributed by atoms with Gasteiger partial charge >= 0.3 is 0 Å². The fourth-order valence-corrected chi connectivity index (χ4v) is 8.43. The maximum Gasteiger partial charge on any atom is 0.0990 e. The second-order valence-electron chi connectivity index (χ2n) is 6.99. The average Bonchev–Trinajstić information content (AvgIpc) is 2.86. The molecule has 0 aromatic heterocycles. The van der Waals surface area contributed by atoms with Crippen molar-refractivity contribution < 1.29 is 0 Å². The third-order valence-electron chi connectivity index (χ3n) is 5.45. The van der Waals surface area contributed by atoms with Crippen molar-refractivity contribution in [3.8, 4) is 0 Å². The molecule has 2 aliphatic rings. The Morgan fingerprint density at radius 2 is 1.76 bits per heavy atom. The molecule has 1 fully saturated rings. The lowest BCUT2D eigenvalue weighted by atomic mass is 9.91. The molecule has 2 atom stereocenters. The molecule has 0 N–H and O–H groups in total. The molecule has 1 heteroatoms. The molecule has 0 aliphatic heterocycles. The fraction of sp³-hybridized carbons (Fsp3) is 0.500. The van der Waals surface area contributed by atoms with Gasteiger partial charge in [-0.15, -0.1) is 0 Å². The van der Waals surface area contributed by atoms with Crippen LogP contribution in [0.5, 0.6) is 0 Å². The molecule has 2 unspecified atom stereocenters. The van der Waals surface area contributed by atoms with Crippen LogP contribution < -0.4 is 5.19 Å². The van der Waals surface area contributed by atoms with Crippen LogP contribution in [0.25, 0.3) is 0 Å². The monoisotopic (exact) mass is 296 g/mol. The van der Waals surface area contributed by atoms with Crippen LogP contribution in [0.15, 0.2) is 53.3 Å². The summed E-state index contributed by atoms with van der Waals surface area (Å²) in [5.74, 6) is 1.66. The molecule has 0 spiro atoms. The maximum absolute atomic E-state index is 2.41. The van der Waals surface area contributed by atoms with Crippen LogP contribution in [-0.4, -0.2) is 8.80 Å². The number of allylic oxidation sites excluding steroid dienone is 4. The van der Waals surface area contributed by atoms with E-state index in [1.807, 2.05) is 5.20 Å². The Kier molecular flexibility index (Phi) is 4.79. The van der Waals surface area contributed by atoms with Gasteiger partial charge < -0.3 is 0 Å². The summed E-state index contributed by atoms with van der Waals surface area (Å²) in [5, 5.41) is 3.47. The summed E-state index contributed by atoms with van der Waals surface area (Å²) in [7, 11) is -1.02. The zero-order valence-corrected chi connectivity index (χ0v) is 14.7. The van der Waals surface area contributed by atoms with Gasteiger partial charge in [-0.05, 0) is 24.8 Å². The predicted octanol–water partition coefficient (Wildman–Crippen LogP) is 4.76. The van der Waals surface area contributed by atoms with Crippen LogP contribution in [0, 0.1) is 11.8 Å². The van der Waals surface area contributed by atoms with E-state index < -0.39 is 8.80 Å². The molecule has 0 heterocycles. The molecule has 21 heavy (non-hydrogen) atoms. The summed E-state index contributed by atoms with van der Waals surface area (Å²) < 4.78 is 0. The number of rotatable bonds is 4. The van der Waals surface area contributed by atoms with Crippen LogP contribution in [0.4, 0.5) is 0 Å². The Labute approximate surface area is 131 Å². The van der Waals surface area contributed by atoms with Crippen LogP contribution >= 0.6 is 0 Å². The SMILES string of the molecule is CC1=C([SiH](CC2CCCCC2)c2ccccc2)C(C)C=C1. The van der Waals surface area contributed by atoms with Gasteiger partial charge in [0.2, 0.25) is 0 Å². The molecule has 0 bridgehead atoms. The second kappa shape index (κ2) is 6.78. The van der Waals surface area contributed by atoms with Gasteiger partial charge in [0.1, 0.15) is 0 Å². The van der Waals surface area contributed by atoms with Crippen LogP contribution in [0.1, 0.15) is 46.0 Å². The van der Waals surface area contributed by atoms with Gasteiger partial charge in [-0.1, -0.05) is 97.5 Å². The van der Waals surface area contributed by atoms with Gasteiger partial charge in [-0.2, -0.15) is 0 Å². The Morgan fingerprint density at radius 1 is 1.05 bits per heavy atom. The van der Waals surface area contributed by atoms with E-state index in [4.69, 9.17) is 0 Å². The van der Waals surface area contributed by atoms with Crippen molar-refractivity contribution >= 4 is 14.0 Å². The molecule has 1 aromatic rings. The molecule has 112 valence electrons. The fourth-order valence-electron chi connectivity index (χ4n) is 4.32. The normalized spacial score (nSPS) is 24.6. The van der Waals surface area contributed by atoms with Gasteiger partial charge in [-0.25, -0.2) is 0 Å². The van der Waals surface area contributed by atoms with Gasteiger partial charge in [0.25, 0.3) is 0 Å². The van der Waals surface area contributed by atoms with Crippen molar-refractivity contribution in [2.24, 2.45) is 11.8 Å². The maximum atomic E-state index is 2.41. The van der Waals surface area contributed by atoms with Crippen molar-refractivity contribution in [2.45, 2.75) is 52.0 Å². The Bertz CT molecular complexity index is 520. The highest BCUT2D eigenvalue weighted by atomic mass is 28.3. The molecule has 0 radical (unpaired) electrons. The summed E-state index contributed by atoms with van der Waals surface area (Å²) in [5.41, 5.74) is 1.57. The topological polar surface area (TPSA) is 0 Å². The molecule has 3 rings (SSSR count). The average molecular weight is 297 g/mol. The van der Waals surface area contributed by atoms with E-state index in [1.54, 1.807) is 10.8 Å². The number of hydrogen-bond donors (Lipinski definition) is 0. The molecule has 1 saturated carbocycles. The minimum Gasteiger partial charge on any atom is -0.0777 e. The van der Waals surface area contributed by atoms with E-state index >= 15 is 0 Å². The zero-order valence-electron chi connectivity index (χ0n) is 13.5. The lowest BCUT2D eigenvalue weighted by Crippen LogP contribution is -2.36. The van der Waals surface area contributed by atoms with E-state index in [-0.39, 0.29) is 0 Å². The third-order valence-corrected chi connectivity index (χ3v) is 9.51. The van der Waals surface area contributed by atoms with E-state index in [9.17, 15) is 0 Å². The molecule has 0 saturated heterocycles. The first kappa shape index (κ1) is 14.8. The minimum atomic E-state index is -1.02. The Hall–Kier alpha value is -1.08. The molecule has 2 aliphatic carbocycles. The summed E-state index contributed by atoms with van der Waals surface area (Å²) in [6.45, 7) is 4.73. The van der Waals surface area contributed by atoms with Crippen molar-refractivity contribution in [2.75, 3.05) is 0 Å². The predicted molar refractivity (Wildman–Crippen MR) is 95.6 cm³/mol. The van der Waals surface area contributed by atoms with Gasteiger partial charge in [0.05, 0.1) is 8.80 Å². The smallest absolute Gasteiger partial charge is 0.0777 e. The van der Waals surface area contributed by atoms with Gasteiger partial charge in [0, 0.05) is 0 Å². The van der Waals surface area contributed by atoms with Crippen molar-refractivity contribution in [3.05, 3.63) is 53.3 Å². The standard InChI is InChI=1S/C20H28Si/c1-16-13-14-17(2)20(16)21(19-11-7-4-8-12-19)15-18-9-5-3-6-10-18/h4,7-8,11-14,16,18,21H,3,5-6,9-10,15H2,1-2H3. The molecule has 0 amide bonds. The summed E-state index contributed by atoms with van der Waals surface area (Å²) in [6, 6.07) is 12.9. The van der Waals surface area contributed by atoms with Gasteiger partial charge in [0.15, 0.2) is 0 Å². The number of hydrogen-bond acceptors (Lipinski definition) is 0. The highest BCUT2D eigenvalue weighted by Crippen LogP contribution is 2.34. The zero-order chi connectivity index (χ0) is 14.7. The van der Waals surface area contributed by atoms with E-state index in [0.29, 0.717) is 5.92 Å². The van der Waals surface area contributed by atoms with Crippen molar-refractivity contribution in [3.63, 3.8) is 0 Å². The molecule has 0 nitrogen and oxygen atoms in total. The molecular formula is C20H28Si. The van der Waals surface area contributed by atoms with Crippen molar-refractivity contribution in [1.29, 1.82) is 0 Å². The van der Waals surface area contributed by atoms with E-state index in [2.05, 4.69) is 56.3 Å². The van der Waals surface area contributed by atoms with E-state index in [0.717, 1.165) is 5.92 Å². The lowest BCUT2D eigenvalue weighted by molar-refractivity contribution is 0.383. The third kappa shape index (κ3) is 3.40. The summed E-state index contributed by atoms with van der Waals surface area (Å²) >= 11 is 0. The quantitative estimate of drug-likeness (QED) is 0.703. The Morgan fingerprint density at radius 3 is 2.38 bits per heavy atom. The summed E-state index contributed by atoms with van der Waals surface area (Å²) in [4.78, 5) is 0. The van der Waals surface area contributed by atoms with Crippen LogP contribution in [0.3, 0.4) is 0 Å². The highest BCUT2D eigenvalue weighted by Gasteiger charge is 2.29. The lowest BCUT2D eigenvalue weighted by Gasteiger charge is -2.29. The van der Waals surface area contributed by atoms with E-state index in [1.165, 1.54) is 38.1 Å². The highest BCUT2D eigenvalue weighted by molar-refractivity contribution is 6.80. The first-order valence-electron chi connectivity index (χ1n) is 8.69. The molecular weight excluding hydrogens is 268 g/mol. The van der Waals surface area contributed by atoms with Gasteiger partial charge in [-0.3, -0.25) is 0 Å². The summed E-state index contributed by atoms with van der Waals surface area (Å²) in [6.07, 6.45) is 12.1. The Balaban J connectivity index is 1.86. The largest absolute Gasteiger partial charge is 0.0990 e. The second-order valence-corrected chi connectivity index (χ2v) is 9.85. The van der Waals surface area contributed by atoms with Crippen molar-refractivity contribution in [1.82, 2.24) is 0 Å². The first-order chi connectivity index (χ1) is 10.3. The van der Waals surface area contributed by atoms with Crippen LogP contribution in [-0.2, 0) is 0 Å². The first-order valence-corrected chi connectivity index (χ1v) is 10.7.